The number of carbonyl (C=O) groups excluding carboxylic acids is 4. The molecule has 1 aliphatic heterocycles. The molecule has 11 nitrogen and oxygen atoms in total. The van der Waals surface area contributed by atoms with Crippen LogP contribution >= 0.6 is 0 Å². The van der Waals surface area contributed by atoms with Gasteiger partial charge in [-0.3, -0.25) is 24.5 Å². The molecule has 1 aromatic carbocycles. The number of rotatable bonds is 11. The van der Waals surface area contributed by atoms with E-state index in [4.69, 9.17) is 0 Å². The van der Waals surface area contributed by atoms with E-state index in [0.29, 0.717) is 37.2 Å². The van der Waals surface area contributed by atoms with E-state index in [-0.39, 0.29) is 41.3 Å². The van der Waals surface area contributed by atoms with Crippen LogP contribution in [-0.4, -0.2) is 57.6 Å². The smallest absolute Gasteiger partial charge is 0.258 e. The van der Waals surface area contributed by atoms with Crippen LogP contribution in [0.2, 0.25) is 0 Å². The van der Waals surface area contributed by atoms with Gasteiger partial charge >= 0.3 is 0 Å². The molecule has 0 unspecified atom stereocenters. The molecule has 0 saturated carbocycles. The molecule has 2 aromatic rings. The third-order valence-corrected chi connectivity index (χ3v) is 6.10. The minimum atomic E-state index is -0.413. The Labute approximate surface area is 216 Å². The molecule has 1 aliphatic rings. The van der Waals surface area contributed by atoms with Gasteiger partial charge in [0.2, 0.25) is 24.2 Å². The minimum absolute atomic E-state index is 0.0494. The van der Waals surface area contributed by atoms with E-state index in [2.05, 4.69) is 37.8 Å². The molecule has 3 rings (SSSR count). The van der Waals surface area contributed by atoms with Crippen molar-refractivity contribution in [2.75, 3.05) is 22.5 Å². The van der Waals surface area contributed by atoms with Gasteiger partial charge in [0.05, 0.1) is 11.6 Å². The van der Waals surface area contributed by atoms with E-state index >= 15 is 0 Å². The van der Waals surface area contributed by atoms with Crippen LogP contribution in [0.1, 0.15) is 50.4 Å². The van der Waals surface area contributed by atoms with Gasteiger partial charge in [-0.15, -0.1) is 0 Å². The molecule has 0 spiro atoms. The molecule has 0 bridgehead atoms. The summed E-state index contributed by atoms with van der Waals surface area (Å²) in [6, 6.07) is 6.13. The quantitative estimate of drug-likeness (QED) is 0.342. The lowest BCUT2D eigenvalue weighted by molar-refractivity contribution is -0.121. The van der Waals surface area contributed by atoms with Crippen LogP contribution in [0.25, 0.3) is 0 Å². The first-order valence-electron chi connectivity index (χ1n) is 12.2. The lowest BCUT2D eigenvalue weighted by atomic mass is 9.99. The summed E-state index contributed by atoms with van der Waals surface area (Å²) in [5.41, 5.74) is 2.09. The molecule has 4 N–H and O–H groups in total. The fourth-order valence-electron chi connectivity index (χ4n) is 4.11. The van der Waals surface area contributed by atoms with Crippen LogP contribution < -0.4 is 21.3 Å². The largest absolute Gasteiger partial charge is 0.362 e. The monoisotopic (exact) mass is 507 g/mol. The van der Waals surface area contributed by atoms with Gasteiger partial charge < -0.3 is 20.9 Å². The highest BCUT2D eigenvalue weighted by Crippen LogP contribution is 2.27. The lowest BCUT2D eigenvalue weighted by Gasteiger charge is -2.34. The van der Waals surface area contributed by atoms with Gasteiger partial charge in [-0.1, -0.05) is 27.4 Å². The van der Waals surface area contributed by atoms with E-state index in [1.165, 1.54) is 12.4 Å². The summed E-state index contributed by atoms with van der Waals surface area (Å²) in [4.78, 5) is 57.7. The summed E-state index contributed by atoms with van der Waals surface area (Å²) < 4.78 is 0. The standard InChI is InChI=1S/C26H33N7O4/c1-5-22(35)32-23(16(2)3)17(4)33-12-6-7-21(33)25(37)31-20-10-8-19(9-11-20)30-24(36)18-13-27-26(28-14-18)29-15-34/h8-11,13-16,21,23H,4-7,12H2,1-3H3,(H,30,36)(H,31,37)(H,32,35)(H,27,28,29,34)/t21-,23-/m0/s1. The second-order valence-electron chi connectivity index (χ2n) is 9.06. The molecule has 0 aliphatic carbocycles. The van der Waals surface area contributed by atoms with Gasteiger partial charge in [-0.25, -0.2) is 9.97 Å². The van der Waals surface area contributed by atoms with Gasteiger partial charge in [-0.2, -0.15) is 0 Å². The van der Waals surface area contributed by atoms with Gasteiger partial charge in [0.15, 0.2) is 0 Å². The number of benzene rings is 1. The van der Waals surface area contributed by atoms with Crippen LogP contribution in [0, 0.1) is 5.92 Å². The number of nitrogens with zero attached hydrogens (tertiary/aromatic N) is 3. The third-order valence-electron chi connectivity index (χ3n) is 6.10. The fourth-order valence-corrected chi connectivity index (χ4v) is 4.11. The van der Waals surface area contributed by atoms with Crippen molar-refractivity contribution in [3.63, 3.8) is 0 Å². The van der Waals surface area contributed by atoms with Crippen LogP contribution in [0.15, 0.2) is 48.9 Å². The number of hydrogen-bond donors (Lipinski definition) is 4. The maximum atomic E-state index is 13.1. The van der Waals surface area contributed by atoms with Crippen molar-refractivity contribution < 1.29 is 19.2 Å². The third kappa shape index (κ3) is 7.12. The Balaban J connectivity index is 1.60. The molecule has 1 fully saturated rings. The van der Waals surface area contributed by atoms with Gasteiger partial charge in [0, 0.05) is 42.4 Å². The SMILES string of the molecule is C=C([C@@H](NC(=O)CC)C(C)C)N1CCC[C@H]1C(=O)Nc1ccc(NC(=O)c2cnc(NC=O)nc2)cc1. The second kappa shape index (κ2) is 12.6. The topological polar surface area (TPSA) is 145 Å². The van der Waals surface area contributed by atoms with Crippen LogP contribution in [0.4, 0.5) is 17.3 Å². The number of amides is 4. The molecule has 1 aromatic heterocycles. The summed E-state index contributed by atoms with van der Waals surface area (Å²) in [5, 5.41) is 11.0. The lowest BCUT2D eigenvalue weighted by Crippen LogP contribution is -2.48. The van der Waals surface area contributed by atoms with Crippen molar-refractivity contribution in [2.24, 2.45) is 5.92 Å². The Morgan fingerprint density at radius 3 is 2.30 bits per heavy atom. The Hall–Kier alpha value is -4.28. The molecule has 2 heterocycles. The fraction of sp³-hybridized carbons (Fsp3) is 0.385. The second-order valence-corrected chi connectivity index (χ2v) is 9.06. The first-order chi connectivity index (χ1) is 17.7. The Kier molecular flexibility index (Phi) is 9.31. The number of carbonyl (C=O) groups is 4. The zero-order chi connectivity index (χ0) is 26.9. The average molecular weight is 508 g/mol. The van der Waals surface area contributed by atoms with E-state index in [1.807, 2.05) is 18.7 Å². The summed E-state index contributed by atoms with van der Waals surface area (Å²) in [6.07, 6.45) is 4.99. The summed E-state index contributed by atoms with van der Waals surface area (Å²) in [5.74, 6) is -0.383. The van der Waals surface area contributed by atoms with Crippen molar-refractivity contribution in [1.29, 1.82) is 0 Å². The molecular weight excluding hydrogens is 474 g/mol. The van der Waals surface area contributed by atoms with Crippen molar-refractivity contribution in [1.82, 2.24) is 20.2 Å². The van der Waals surface area contributed by atoms with E-state index in [1.54, 1.807) is 31.2 Å². The summed E-state index contributed by atoms with van der Waals surface area (Å²) in [7, 11) is 0. The number of likely N-dealkylation sites (tertiary alicyclic amines) is 1. The van der Waals surface area contributed by atoms with Gasteiger partial charge in [0.25, 0.3) is 5.91 Å². The first-order valence-corrected chi connectivity index (χ1v) is 12.2. The highest BCUT2D eigenvalue weighted by atomic mass is 16.2. The van der Waals surface area contributed by atoms with Crippen LogP contribution in [0.3, 0.4) is 0 Å². The van der Waals surface area contributed by atoms with Crippen molar-refractivity contribution in [3.8, 4) is 0 Å². The maximum absolute atomic E-state index is 13.1. The van der Waals surface area contributed by atoms with Crippen molar-refractivity contribution in [2.45, 2.75) is 52.1 Å². The molecule has 0 radical (unpaired) electrons. The highest BCUT2D eigenvalue weighted by molar-refractivity contribution is 6.04. The predicted octanol–water partition coefficient (Wildman–Crippen LogP) is 2.76. The van der Waals surface area contributed by atoms with Gasteiger partial charge in [-0.05, 0) is 43.0 Å². The number of aromatic nitrogens is 2. The molecule has 37 heavy (non-hydrogen) atoms. The van der Waals surface area contributed by atoms with Crippen molar-refractivity contribution in [3.05, 3.63) is 54.5 Å². The molecule has 2 atom stereocenters. The van der Waals surface area contributed by atoms with Crippen LogP contribution in [-0.2, 0) is 14.4 Å². The number of nitrogens with one attached hydrogen (secondary N) is 4. The number of anilines is 3. The number of hydrogen-bond acceptors (Lipinski definition) is 7. The molecule has 196 valence electrons. The van der Waals surface area contributed by atoms with E-state index in [9.17, 15) is 19.2 Å². The van der Waals surface area contributed by atoms with Crippen molar-refractivity contribution >= 4 is 41.5 Å². The summed E-state index contributed by atoms with van der Waals surface area (Å²) >= 11 is 0. The first kappa shape index (κ1) is 27.3. The molecule has 4 amide bonds. The maximum Gasteiger partial charge on any atom is 0.258 e. The zero-order valence-corrected chi connectivity index (χ0v) is 21.3. The molecule has 11 heteroatoms. The predicted molar refractivity (Wildman–Crippen MR) is 141 cm³/mol. The normalized spacial score (nSPS) is 15.6. The van der Waals surface area contributed by atoms with Gasteiger partial charge in [0.1, 0.15) is 6.04 Å². The van der Waals surface area contributed by atoms with Crippen LogP contribution in [0.5, 0.6) is 0 Å². The summed E-state index contributed by atoms with van der Waals surface area (Å²) in [6.45, 7) is 10.8. The molecule has 1 saturated heterocycles. The molecular formula is C26H33N7O4. The Morgan fingerprint density at radius 1 is 1.11 bits per heavy atom. The Morgan fingerprint density at radius 2 is 1.73 bits per heavy atom. The zero-order valence-electron chi connectivity index (χ0n) is 21.3. The highest BCUT2D eigenvalue weighted by Gasteiger charge is 2.35. The minimum Gasteiger partial charge on any atom is -0.362 e. The van der Waals surface area contributed by atoms with E-state index in [0.717, 1.165) is 12.1 Å². The average Bonchev–Trinajstić information content (AvgIpc) is 3.38. The van der Waals surface area contributed by atoms with E-state index < -0.39 is 5.91 Å². The Bertz CT molecular complexity index is 1130.